The maximum atomic E-state index is 12.3. The molecule has 1 amide bonds. The van der Waals surface area contributed by atoms with Crippen LogP contribution in [0, 0.1) is 11.8 Å². The van der Waals surface area contributed by atoms with E-state index in [9.17, 15) is 9.59 Å². The average molecular weight is 289 g/mol. The van der Waals surface area contributed by atoms with E-state index in [0.717, 1.165) is 37.0 Å². The molecule has 1 aliphatic heterocycles. The molecule has 0 spiro atoms. The number of likely N-dealkylation sites (tertiary alicyclic amines) is 1. The highest BCUT2D eigenvalue weighted by Gasteiger charge is 2.40. The number of amides is 1. The number of rotatable bonds is 3. The van der Waals surface area contributed by atoms with Crippen molar-refractivity contribution in [2.45, 2.75) is 26.2 Å². The second-order valence-corrected chi connectivity index (χ2v) is 5.74. The van der Waals surface area contributed by atoms with Crippen molar-refractivity contribution in [3.05, 3.63) is 35.5 Å². The van der Waals surface area contributed by atoms with Gasteiger partial charge in [-0.15, -0.1) is 0 Å². The maximum absolute atomic E-state index is 12.3. The Morgan fingerprint density at radius 3 is 2.62 bits per heavy atom. The Kier molecular flexibility index (Phi) is 4.66. The van der Waals surface area contributed by atoms with Crippen molar-refractivity contribution in [3.63, 3.8) is 0 Å². The summed E-state index contributed by atoms with van der Waals surface area (Å²) in [6.07, 6.45) is 6.31. The highest BCUT2D eigenvalue weighted by atomic mass is 16.5. The van der Waals surface area contributed by atoms with Crippen molar-refractivity contribution in [1.29, 1.82) is 0 Å². The van der Waals surface area contributed by atoms with Crippen LogP contribution in [0.5, 0.6) is 0 Å². The molecule has 0 bridgehead atoms. The molecule has 1 saturated carbocycles. The Bertz CT molecular complexity index is 530. The Balaban J connectivity index is 2.29. The van der Waals surface area contributed by atoms with Gasteiger partial charge in [-0.25, -0.2) is 4.79 Å². The minimum absolute atomic E-state index is 0.0243. The van der Waals surface area contributed by atoms with E-state index < -0.39 is 0 Å². The smallest absolute Gasteiger partial charge is 0.337 e. The zero-order valence-corrected chi connectivity index (χ0v) is 13.0. The van der Waals surface area contributed by atoms with Crippen molar-refractivity contribution < 1.29 is 14.3 Å². The van der Waals surface area contributed by atoms with E-state index in [1.807, 2.05) is 20.0 Å². The van der Waals surface area contributed by atoms with Crippen LogP contribution >= 0.6 is 0 Å². The van der Waals surface area contributed by atoms with Gasteiger partial charge in [0.2, 0.25) is 5.91 Å². The van der Waals surface area contributed by atoms with Gasteiger partial charge in [0.25, 0.3) is 0 Å². The zero-order chi connectivity index (χ0) is 15.6. The first-order chi connectivity index (χ1) is 9.99. The topological polar surface area (TPSA) is 46.6 Å². The van der Waals surface area contributed by atoms with E-state index in [-0.39, 0.29) is 23.7 Å². The molecular formula is C17H23NO3. The molecule has 21 heavy (non-hydrogen) atoms. The third-order valence-electron chi connectivity index (χ3n) is 4.56. The molecular weight excluding hydrogens is 266 g/mol. The molecule has 2 rings (SSSR count). The fourth-order valence-corrected chi connectivity index (χ4v) is 3.29. The van der Waals surface area contributed by atoms with Crippen LogP contribution in [0.25, 0.3) is 0 Å². The van der Waals surface area contributed by atoms with Crippen molar-refractivity contribution in [1.82, 2.24) is 4.90 Å². The fraction of sp³-hybridized carbons (Fsp3) is 0.529. The molecule has 0 N–H and O–H groups in total. The number of ether oxygens (including phenoxy) is 1. The third kappa shape index (κ3) is 2.94. The standard InChI is InChI=1S/C17H23NO3/c1-5-12(17(20)21-4)10-15-11(2)6-7-13(15)14-8-9-18(3)16(14)19/h5,10,13-14H,2,6-9H2,1,3-4H3/b12-5+,15-10+. The predicted octanol–water partition coefficient (Wildman–Crippen LogP) is 2.48. The van der Waals surface area contributed by atoms with Crippen molar-refractivity contribution in [2.24, 2.45) is 11.8 Å². The molecule has 1 heterocycles. The largest absolute Gasteiger partial charge is 0.465 e. The average Bonchev–Trinajstić information content (AvgIpc) is 3.00. The molecule has 1 aliphatic carbocycles. The minimum Gasteiger partial charge on any atom is -0.465 e. The molecule has 0 aromatic rings. The molecule has 2 aliphatic rings. The molecule has 0 aromatic carbocycles. The van der Waals surface area contributed by atoms with Gasteiger partial charge >= 0.3 is 5.97 Å². The Morgan fingerprint density at radius 2 is 2.10 bits per heavy atom. The van der Waals surface area contributed by atoms with Gasteiger partial charge in [-0.1, -0.05) is 18.2 Å². The summed E-state index contributed by atoms with van der Waals surface area (Å²) >= 11 is 0. The normalized spacial score (nSPS) is 28.6. The molecule has 4 nitrogen and oxygen atoms in total. The number of methoxy groups -OCH3 is 1. The summed E-state index contributed by atoms with van der Waals surface area (Å²) in [5.41, 5.74) is 2.60. The van der Waals surface area contributed by atoms with Gasteiger partial charge in [-0.05, 0) is 43.8 Å². The van der Waals surface area contributed by atoms with Crippen LogP contribution in [0.4, 0.5) is 0 Å². The highest BCUT2D eigenvalue weighted by molar-refractivity contribution is 5.92. The van der Waals surface area contributed by atoms with Gasteiger partial charge < -0.3 is 9.64 Å². The number of carbonyl (C=O) groups is 2. The van der Waals surface area contributed by atoms with Crippen molar-refractivity contribution in [2.75, 3.05) is 20.7 Å². The van der Waals surface area contributed by atoms with E-state index in [2.05, 4.69) is 6.58 Å². The number of hydrogen-bond acceptors (Lipinski definition) is 3. The van der Waals surface area contributed by atoms with Crippen LogP contribution < -0.4 is 0 Å². The third-order valence-corrected chi connectivity index (χ3v) is 4.56. The summed E-state index contributed by atoms with van der Waals surface area (Å²) in [6, 6.07) is 0. The van der Waals surface area contributed by atoms with Gasteiger partial charge in [0.15, 0.2) is 0 Å². The van der Waals surface area contributed by atoms with Gasteiger partial charge in [-0.3, -0.25) is 4.79 Å². The molecule has 1 saturated heterocycles. The first-order valence-electron chi connectivity index (χ1n) is 7.39. The summed E-state index contributed by atoms with van der Waals surface area (Å²) < 4.78 is 4.79. The first-order valence-corrected chi connectivity index (χ1v) is 7.39. The van der Waals surface area contributed by atoms with Crippen LogP contribution in [-0.2, 0) is 14.3 Å². The van der Waals surface area contributed by atoms with Crippen molar-refractivity contribution >= 4 is 11.9 Å². The first kappa shape index (κ1) is 15.5. The monoisotopic (exact) mass is 289 g/mol. The quantitative estimate of drug-likeness (QED) is 0.592. The van der Waals surface area contributed by atoms with Gasteiger partial charge in [0.1, 0.15) is 0 Å². The second-order valence-electron chi connectivity index (χ2n) is 5.74. The van der Waals surface area contributed by atoms with E-state index in [0.29, 0.717) is 5.57 Å². The van der Waals surface area contributed by atoms with E-state index in [4.69, 9.17) is 4.74 Å². The second kappa shape index (κ2) is 6.29. The Hall–Kier alpha value is -1.84. The fourth-order valence-electron chi connectivity index (χ4n) is 3.29. The van der Waals surface area contributed by atoms with E-state index >= 15 is 0 Å². The lowest BCUT2D eigenvalue weighted by molar-refractivity contribution is -0.135. The molecule has 0 aromatic heterocycles. The molecule has 2 fully saturated rings. The molecule has 0 radical (unpaired) electrons. The zero-order valence-electron chi connectivity index (χ0n) is 13.0. The molecule has 114 valence electrons. The maximum Gasteiger partial charge on any atom is 0.337 e. The van der Waals surface area contributed by atoms with Gasteiger partial charge in [0.05, 0.1) is 12.7 Å². The predicted molar refractivity (Wildman–Crippen MR) is 81.5 cm³/mol. The number of hydrogen-bond donors (Lipinski definition) is 0. The molecule has 2 atom stereocenters. The van der Waals surface area contributed by atoms with Crippen molar-refractivity contribution in [3.8, 4) is 0 Å². The number of esters is 1. The Morgan fingerprint density at radius 1 is 1.38 bits per heavy atom. The van der Waals surface area contributed by atoms with Crippen LogP contribution in [0.15, 0.2) is 35.5 Å². The van der Waals surface area contributed by atoms with E-state index in [1.54, 1.807) is 11.0 Å². The lowest BCUT2D eigenvalue weighted by Gasteiger charge is -2.19. The lowest BCUT2D eigenvalue weighted by atomic mass is 9.85. The minimum atomic E-state index is -0.349. The molecule has 2 unspecified atom stereocenters. The van der Waals surface area contributed by atoms with Crippen LogP contribution in [0.3, 0.4) is 0 Å². The summed E-state index contributed by atoms with van der Waals surface area (Å²) in [7, 11) is 3.22. The van der Waals surface area contributed by atoms with Crippen LogP contribution in [0.1, 0.15) is 26.2 Å². The Labute approximate surface area is 126 Å². The van der Waals surface area contributed by atoms with Crippen LogP contribution in [0.2, 0.25) is 0 Å². The number of nitrogens with zero attached hydrogens (tertiary/aromatic N) is 1. The van der Waals surface area contributed by atoms with Gasteiger partial charge in [0, 0.05) is 19.5 Å². The molecule has 4 heteroatoms. The highest BCUT2D eigenvalue weighted by Crippen LogP contribution is 2.43. The summed E-state index contributed by atoms with van der Waals surface area (Å²) in [5, 5.41) is 0. The number of allylic oxidation sites excluding steroid dienone is 3. The summed E-state index contributed by atoms with van der Waals surface area (Å²) in [6.45, 7) is 6.72. The van der Waals surface area contributed by atoms with Gasteiger partial charge in [-0.2, -0.15) is 0 Å². The summed E-state index contributed by atoms with van der Waals surface area (Å²) in [5.74, 6) is 0.0600. The van der Waals surface area contributed by atoms with Crippen LogP contribution in [-0.4, -0.2) is 37.5 Å². The SMILES string of the molecule is C=C1CCC(C2CCN(C)C2=O)/C1=C/C(=C\C)C(=O)OC. The number of carbonyl (C=O) groups excluding carboxylic acids is 2. The van der Waals surface area contributed by atoms with E-state index in [1.165, 1.54) is 7.11 Å². The summed E-state index contributed by atoms with van der Waals surface area (Å²) in [4.78, 5) is 25.8. The lowest BCUT2D eigenvalue weighted by Crippen LogP contribution is -2.26.